The fourth-order valence-corrected chi connectivity index (χ4v) is 4.19. The number of H-pyrrole nitrogens is 1. The molecule has 2 aromatic heterocycles. The summed E-state index contributed by atoms with van der Waals surface area (Å²) in [4.78, 5) is 34.9. The smallest absolute Gasteiger partial charge is 0.234 e. The van der Waals surface area contributed by atoms with Crippen LogP contribution in [0.1, 0.15) is 52.3 Å². The van der Waals surface area contributed by atoms with E-state index in [1.165, 1.54) is 0 Å². The second-order valence-electron chi connectivity index (χ2n) is 7.09. The first-order valence-corrected chi connectivity index (χ1v) is 9.56. The normalized spacial score (nSPS) is 11.4. The van der Waals surface area contributed by atoms with Gasteiger partial charge in [0.2, 0.25) is 5.91 Å². The Kier molecular flexibility index (Phi) is 6.36. The number of nitrogens with one attached hydrogen (secondary N) is 2. The van der Waals surface area contributed by atoms with Crippen LogP contribution >= 0.6 is 11.3 Å². The summed E-state index contributed by atoms with van der Waals surface area (Å²) < 4.78 is 0. The first kappa shape index (κ1) is 20.3. The van der Waals surface area contributed by atoms with Gasteiger partial charge < -0.3 is 10.3 Å². The number of nitrogens with zero attached hydrogens (tertiary/aromatic N) is 2. The Balaban J connectivity index is 2.18. The molecule has 0 aromatic carbocycles. The number of amides is 1. The third-order valence-electron chi connectivity index (χ3n) is 4.14. The van der Waals surface area contributed by atoms with Crippen molar-refractivity contribution in [2.45, 2.75) is 54.1 Å². The summed E-state index contributed by atoms with van der Waals surface area (Å²) in [6, 6.07) is 0.138. The molecule has 26 heavy (non-hydrogen) atoms. The molecule has 0 radical (unpaired) electrons. The molecular formula is C19H28N4O2S. The second kappa shape index (κ2) is 8.14. The summed E-state index contributed by atoms with van der Waals surface area (Å²) in [5.74, 6) is 0.0736. The van der Waals surface area contributed by atoms with Crippen LogP contribution in [0.2, 0.25) is 0 Å². The second-order valence-corrected chi connectivity index (χ2v) is 8.38. The van der Waals surface area contributed by atoms with Gasteiger partial charge in [0.25, 0.3) is 0 Å². The number of hydrogen-bond acceptors (Lipinski definition) is 5. The van der Waals surface area contributed by atoms with Gasteiger partial charge in [0.1, 0.15) is 10.7 Å². The summed E-state index contributed by atoms with van der Waals surface area (Å²) >= 11 is 1.62. The number of hydrogen-bond donors (Lipinski definition) is 2. The third-order valence-corrected chi connectivity index (χ3v) is 5.09. The SMILES string of the molecule is CC(=O)c1c(C)[nH]c(-c2nc(CN(C)CC(=O)NC(C)C)sc2C)c1C. The molecule has 2 heterocycles. The van der Waals surface area contributed by atoms with E-state index in [9.17, 15) is 9.59 Å². The van der Waals surface area contributed by atoms with Crippen molar-refractivity contribution >= 4 is 23.0 Å². The van der Waals surface area contributed by atoms with Crippen molar-refractivity contribution in [3.8, 4) is 11.4 Å². The van der Waals surface area contributed by atoms with E-state index in [-0.39, 0.29) is 17.7 Å². The standard InChI is InChI=1S/C19H28N4O2S/c1-10(2)20-15(25)8-23(7)9-16-22-19(14(6)26-16)18-11(3)17(13(5)24)12(4)21-18/h10,21H,8-9H2,1-7H3,(H,20,25). The molecule has 142 valence electrons. The van der Waals surface area contributed by atoms with Crippen molar-refractivity contribution in [1.29, 1.82) is 0 Å². The molecule has 0 saturated heterocycles. The number of likely N-dealkylation sites (N-methyl/N-ethyl adjacent to an activating group) is 1. The summed E-state index contributed by atoms with van der Waals surface area (Å²) in [6.45, 7) is 12.3. The highest BCUT2D eigenvalue weighted by Crippen LogP contribution is 2.32. The zero-order valence-corrected chi connectivity index (χ0v) is 17.4. The van der Waals surface area contributed by atoms with E-state index in [1.807, 2.05) is 46.6 Å². The summed E-state index contributed by atoms with van der Waals surface area (Å²) in [5.41, 5.74) is 4.36. The van der Waals surface area contributed by atoms with Gasteiger partial charge in [-0.3, -0.25) is 14.5 Å². The fraction of sp³-hybridized carbons (Fsp3) is 0.526. The van der Waals surface area contributed by atoms with Crippen LogP contribution in [0.25, 0.3) is 11.4 Å². The van der Waals surface area contributed by atoms with Gasteiger partial charge in [-0.05, 0) is 54.2 Å². The van der Waals surface area contributed by atoms with Gasteiger partial charge in [-0.15, -0.1) is 11.3 Å². The van der Waals surface area contributed by atoms with Gasteiger partial charge in [0.15, 0.2) is 5.78 Å². The Morgan fingerprint density at radius 3 is 2.46 bits per heavy atom. The van der Waals surface area contributed by atoms with Gasteiger partial charge in [-0.25, -0.2) is 4.98 Å². The average molecular weight is 377 g/mol. The van der Waals surface area contributed by atoms with E-state index in [0.717, 1.165) is 38.1 Å². The number of thiazole rings is 1. The molecule has 0 fully saturated rings. The molecule has 0 aliphatic carbocycles. The van der Waals surface area contributed by atoms with Crippen LogP contribution in [0, 0.1) is 20.8 Å². The maximum Gasteiger partial charge on any atom is 0.234 e. The Labute approximate surface area is 159 Å². The van der Waals surface area contributed by atoms with Crippen molar-refractivity contribution in [2.24, 2.45) is 0 Å². The van der Waals surface area contributed by atoms with Crippen molar-refractivity contribution in [3.05, 3.63) is 26.7 Å². The Hall–Kier alpha value is -1.99. The molecule has 0 aliphatic heterocycles. The number of aryl methyl sites for hydroxylation is 2. The summed E-state index contributed by atoms with van der Waals surface area (Å²) in [6.07, 6.45) is 0. The quantitative estimate of drug-likeness (QED) is 0.727. The lowest BCUT2D eigenvalue weighted by molar-refractivity contribution is -0.122. The number of aromatic amines is 1. The highest BCUT2D eigenvalue weighted by atomic mass is 32.1. The first-order valence-electron chi connectivity index (χ1n) is 8.74. The monoisotopic (exact) mass is 376 g/mol. The highest BCUT2D eigenvalue weighted by Gasteiger charge is 2.20. The number of rotatable bonds is 7. The van der Waals surface area contributed by atoms with Crippen LogP contribution in [0.5, 0.6) is 0 Å². The average Bonchev–Trinajstić information content (AvgIpc) is 2.96. The van der Waals surface area contributed by atoms with Crippen LogP contribution in [0.3, 0.4) is 0 Å². The Bertz CT molecular complexity index is 820. The maximum atomic E-state index is 11.9. The molecule has 0 aliphatic rings. The topological polar surface area (TPSA) is 78.1 Å². The van der Waals surface area contributed by atoms with Crippen LogP contribution in [-0.2, 0) is 11.3 Å². The lowest BCUT2D eigenvalue weighted by Crippen LogP contribution is -2.38. The van der Waals surface area contributed by atoms with Gasteiger partial charge >= 0.3 is 0 Å². The number of carbonyl (C=O) groups excluding carboxylic acids is 2. The third kappa shape index (κ3) is 4.59. The van der Waals surface area contributed by atoms with E-state index in [1.54, 1.807) is 18.3 Å². The zero-order chi connectivity index (χ0) is 19.6. The number of ketones is 1. The predicted octanol–water partition coefficient (Wildman–Crippen LogP) is 3.22. The van der Waals surface area contributed by atoms with Crippen LogP contribution in [0.15, 0.2) is 0 Å². The van der Waals surface area contributed by atoms with E-state index in [4.69, 9.17) is 4.98 Å². The molecule has 0 unspecified atom stereocenters. The molecule has 2 aromatic rings. The summed E-state index contributed by atoms with van der Waals surface area (Å²) in [5, 5.41) is 3.85. The van der Waals surface area contributed by atoms with Crippen molar-refractivity contribution < 1.29 is 9.59 Å². The highest BCUT2D eigenvalue weighted by molar-refractivity contribution is 7.12. The van der Waals surface area contributed by atoms with Crippen LogP contribution in [0.4, 0.5) is 0 Å². The molecule has 2 rings (SSSR count). The van der Waals surface area contributed by atoms with Crippen LogP contribution in [-0.4, -0.2) is 46.2 Å². The van der Waals surface area contributed by atoms with Crippen molar-refractivity contribution in [1.82, 2.24) is 20.2 Å². The minimum Gasteiger partial charge on any atom is -0.356 e. The van der Waals surface area contributed by atoms with Crippen molar-refractivity contribution in [3.63, 3.8) is 0 Å². The molecular weight excluding hydrogens is 348 g/mol. The molecule has 1 amide bonds. The predicted molar refractivity (Wildman–Crippen MR) is 106 cm³/mol. The van der Waals surface area contributed by atoms with Gasteiger partial charge in [-0.1, -0.05) is 0 Å². The molecule has 7 heteroatoms. The molecule has 0 bridgehead atoms. The first-order chi connectivity index (χ1) is 12.1. The largest absolute Gasteiger partial charge is 0.356 e. The lowest BCUT2D eigenvalue weighted by atomic mass is 10.1. The van der Waals surface area contributed by atoms with Gasteiger partial charge in [0.05, 0.1) is 18.8 Å². The summed E-state index contributed by atoms with van der Waals surface area (Å²) in [7, 11) is 1.91. The van der Waals surface area contributed by atoms with E-state index < -0.39 is 0 Å². The van der Waals surface area contributed by atoms with Gasteiger partial charge in [0, 0.05) is 22.2 Å². The molecule has 0 saturated carbocycles. The number of carbonyl (C=O) groups is 2. The van der Waals surface area contributed by atoms with Crippen molar-refractivity contribution in [2.75, 3.05) is 13.6 Å². The number of Topliss-reactive ketones (excluding diaryl/α,β-unsaturated/α-hetero) is 1. The Morgan fingerprint density at radius 2 is 1.92 bits per heavy atom. The lowest BCUT2D eigenvalue weighted by Gasteiger charge is -2.16. The van der Waals surface area contributed by atoms with E-state index in [2.05, 4.69) is 10.3 Å². The molecule has 6 nitrogen and oxygen atoms in total. The van der Waals surface area contributed by atoms with Crippen LogP contribution < -0.4 is 5.32 Å². The van der Waals surface area contributed by atoms with E-state index >= 15 is 0 Å². The molecule has 0 spiro atoms. The fourth-order valence-electron chi connectivity index (χ4n) is 3.17. The Morgan fingerprint density at radius 1 is 1.27 bits per heavy atom. The molecule has 2 N–H and O–H groups in total. The van der Waals surface area contributed by atoms with E-state index in [0.29, 0.717) is 13.1 Å². The maximum absolute atomic E-state index is 11.9. The number of aromatic nitrogens is 2. The molecule has 0 atom stereocenters. The zero-order valence-electron chi connectivity index (χ0n) is 16.6. The minimum atomic E-state index is 0.0120. The van der Waals surface area contributed by atoms with Gasteiger partial charge in [-0.2, -0.15) is 0 Å². The minimum absolute atomic E-state index is 0.0120.